The van der Waals surface area contributed by atoms with Crippen molar-refractivity contribution in [2.24, 2.45) is 0 Å². The van der Waals surface area contributed by atoms with Crippen LogP contribution in [0.5, 0.6) is 11.5 Å². The van der Waals surface area contributed by atoms with E-state index in [4.69, 9.17) is 13.9 Å². The van der Waals surface area contributed by atoms with E-state index in [9.17, 15) is 14.9 Å². The number of nitro groups is 1. The predicted molar refractivity (Wildman–Crippen MR) is 107 cm³/mol. The van der Waals surface area contributed by atoms with Gasteiger partial charge in [-0.05, 0) is 30.3 Å². The average molecular weight is 424 g/mol. The highest BCUT2D eigenvalue weighted by Gasteiger charge is 2.18. The third kappa shape index (κ3) is 3.31. The zero-order chi connectivity index (χ0) is 20.7. The summed E-state index contributed by atoms with van der Waals surface area (Å²) >= 11 is 1.21. The molecule has 0 bridgehead atoms. The molecule has 1 N–H and O–H groups in total. The Labute approximate surface area is 172 Å². The van der Waals surface area contributed by atoms with Crippen molar-refractivity contribution < 1.29 is 23.6 Å². The van der Waals surface area contributed by atoms with Crippen molar-refractivity contribution >= 4 is 39.0 Å². The smallest absolute Gasteiger partial charge is 0.322 e. The van der Waals surface area contributed by atoms with Crippen molar-refractivity contribution in [1.82, 2.24) is 10.2 Å². The number of thiophene rings is 1. The first-order valence-electron chi connectivity index (χ1n) is 8.80. The third-order valence-electron chi connectivity index (χ3n) is 4.37. The molecule has 0 fully saturated rings. The highest BCUT2D eigenvalue weighted by atomic mass is 32.1. The molecule has 0 atom stereocenters. The summed E-state index contributed by atoms with van der Waals surface area (Å²) in [5.74, 6) is 0.996. The van der Waals surface area contributed by atoms with E-state index in [-0.39, 0.29) is 17.6 Å². The molecule has 0 spiro atoms. The zero-order valence-electron chi connectivity index (χ0n) is 15.2. The Hall–Kier alpha value is -3.99. The number of amides is 1. The predicted octanol–water partition coefficient (Wildman–Crippen LogP) is 3.88. The van der Waals surface area contributed by atoms with Gasteiger partial charge in [0.15, 0.2) is 11.5 Å². The molecule has 0 unspecified atom stereocenters. The quantitative estimate of drug-likeness (QED) is 0.386. The number of nitrogens with zero attached hydrogens (tertiary/aromatic N) is 3. The molecule has 1 aliphatic heterocycles. The number of hydrogen-bond donors (Lipinski definition) is 1. The lowest BCUT2D eigenvalue weighted by Crippen LogP contribution is -2.15. The van der Waals surface area contributed by atoms with Gasteiger partial charge in [0.05, 0.1) is 9.80 Å². The Balaban J connectivity index is 1.35. The van der Waals surface area contributed by atoms with Crippen molar-refractivity contribution in [3.63, 3.8) is 0 Å². The molecule has 0 aliphatic carbocycles. The van der Waals surface area contributed by atoms with Gasteiger partial charge in [-0.3, -0.25) is 20.2 Å². The lowest BCUT2D eigenvalue weighted by atomic mass is 10.2. The molecule has 5 rings (SSSR count). The molecular formula is C19H12N4O6S. The van der Waals surface area contributed by atoms with Crippen molar-refractivity contribution in [3.05, 3.63) is 57.5 Å². The zero-order valence-corrected chi connectivity index (χ0v) is 16.0. The number of carbonyl (C=O) groups is 1. The molecule has 0 saturated heterocycles. The fraction of sp³-hybridized carbons (Fsp3) is 0.105. The third-order valence-corrected chi connectivity index (χ3v) is 5.48. The summed E-state index contributed by atoms with van der Waals surface area (Å²) < 4.78 is 17.3. The topological polar surface area (TPSA) is 130 Å². The van der Waals surface area contributed by atoms with Crippen LogP contribution >= 0.6 is 11.3 Å². The highest BCUT2D eigenvalue weighted by Crippen LogP contribution is 2.34. The van der Waals surface area contributed by atoms with Gasteiger partial charge >= 0.3 is 6.01 Å². The Morgan fingerprint density at radius 3 is 2.73 bits per heavy atom. The molecule has 0 radical (unpaired) electrons. The maximum atomic E-state index is 12.5. The van der Waals surface area contributed by atoms with Crippen LogP contribution in [0.4, 0.5) is 11.7 Å². The van der Waals surface area contributed by atoms with Gasteiger partial charge in [-0.1, -0.05) is 5.10 Å². The molecule has 10 nitrogen and oxygen atoms in total. The van der Waals surface area contributed by atoms with E-state index >= 15 is 0 Å². The molecule has 0 saturated carbocycles. The van der Waals surface area contributed by atoms with E-state index < -0.39 is 10.8 Å². The van der Waals surface area contributed by atoms with Crippen LogP contribution < -0.4 is 14.8 Å². The van der Waals surface area contributed by atoms with E-state index in [2.05, 4.69) is 15.5 Å². The average Bonchev–Trinajstić information content (AvgIpc) is 3.39. The fourth-order valence-corrected chi connectivity index (χ4v) is 3.92. The van der Waals surface area contributed by atoms with Gasteiger partial charge in [0.1, 0.15) is 13.2 Å². The first-order chi connectivity index (χ1) is 14.6. The summed E-state index contributed by atoms with van der Waals surface area (Å²) in [5.41, 5.74) is 0.592. The van der Waals surface area contributed by atoms with Gasteiger partial charge < -0.3 is 13.9 Å². The second-order valence-corrected chi connectivity index (χ2v) is 7.40. The molecule has 11 heteroatoms. The summed E-state index contributed by atoms with van der Waals surface area (Å²) in [6.45, 7) is 0.952. The minimum absolute atomic E-state index is 0.0340. The van der Waals surface area contributed by atoms with Crippen LogP contribution in [0.3, 0.4) is 0 Å². The molecule has 2 aromatic carbocycles. The van der Waals surface area contributed by atoms with Gasteiger partial charge in [0.25, 0.3) is 11.6 Å². The van der Waals surface area contributed by atoms with Gasteiger partial charge in [0.2, 0.25) is 5.89 Å². The SMILES string of the molecule is O=C(Nc1nnc(-c2ccc3c(c2)OCCO3)o1)c1cc2cc([N+](=O)[O-])ccc2s1. The Morgan fingerprint density at radius 2 is 1.90 bits per heavy atom. The molecule has 2 aromatic heterocycles. The number of nitro benzene ring substituents is 1. The van der Waals surface area contributed by atoms with E-state index in [1.54, 1.807) is 30.3 Å². The first-order valence-corrected chi connectivity index (χ1v) is 9.61. The molecule has 1 amide bonds. The molecule has 4 aromatic rings. The van der Waals surface area contributed by atoms with Gasteiger partial charge in [-0.25, -0.2) is 0 Å². The number of nitrogens with one attached hydrogen (secondary N) is 1. The van der Waals surface area contributed by atoms with Gasteiger partial charge in [0, 0.05) is 27.8 Å². The molecule has 3 heterocycles. The van der Waals surface area contributed by atoms with Crippen LogP contribution in [-0.2, 0) is 0 Å². The number of non-ortho nitro benzene ring substituents is 1. The first kappa shape index (κ1) is 18.1. The number of benzene rings is 2. The maximum Gasteiger partial charge on any atom is 0.322 e. The number of carbonyl (C=O) groups excluding carboxylic acids is 1. The molecule has 150 valence electrons. The molecular weight excluding hydrogens is 412 g/mol. The Kier molecular flexibility index (Phi) is 4.29. The number of ether oxygens (including phenoxy) is 2. The Morgan fingerprint density at radius 1 is 1.07 bits per heavy atom. The van der Waals surface area contributed by atoms with Crippen LogP contribution in [-0.4, -0.2) is 34.2 Å². The lowest BCUT2D eigenvalue weighted by Gasteiger charge is -2.18. The van der Waals surface area contributed by atoms with Crippen molar-refractivity contribution in [2.45, 2.75) is 0 Å². The standard InChI is InChI=1S/C19H12N4O6S/c24-17(16-9-11-7-12(23(25)26)2-4-15(11)30-16)20-19-22-21-18(29-19)10-1-3-13-14(8-10)28-6-5-27-13/h1-4,7-9H,5-6H2,(H,20,22,24). The van der Waals surface area contributed by atoms with Crippen LogP contribution in [0, 0.1) is 10.1 Å². The van der Waals surface area contributed by atoms with E-state index in [0.717, 1.165) is 4.70 Å². The number of anilines is 1. The van der Waals surface area contributed by atoms with E-state index in [0.29, 0.717) is 40.5 Å². The maximum absolute atomic E-state index is 12.5. The number of fused-ring (bicyclic) bond motifs is 2. The lowest BCUT2D eigenvalue weighted by molar-refractivity contribution is -0.384. The molecule has 30 heavy (non-hydrogen) atoms. The minimum atomic E-state index is -0.477. The number of aromatic nitrogens is 2. The van der Waals surface area contributed by atoms with Crippen LogP contribution in [0.2, 0.25) is 0 Å². The normalized spacial score (nSPS) is 12.7. The van der Waals surface area contributed by atoms with Crippen molar-refractivity contribution in [3.8, 4) is 23.0 Å². The van der Waals surface area contributed by atoms with Crippen molar-refractivity contribution in [1.29, 1.82) is 0 Å². The summed E-state index contributed by atoms with van der Waals surface area (Å²) in [4.78, 5) is 23.3. The monoisotopic (exact) mass is 424 g/mol. The fourth-order valence-electron chi connectivity index (χ4n) is 2.98. The van der Waals surface area contributed by atoms with Crippen LogP contribution in [0.1, 0.15) is 9.67 Å². The summed E-state index contributed by atoms with van der Waals surface area (Å²) in [5, 5.41) is 21.9. The molecule has 1 aliphatic rings. The largest absolute Gasteiger partial charge is 0.486 e. The minimum Gasteiger partial charge on any atom is -0.486 e. The van der Waals surface area contributed by atoms with E-state index in [1.165, 1.54) is 23.5 Å². The van der Waals surface area contributed by atoms with Crippen LogP contribution in [0.15, 0.2) is 46.9 Å². The van der Waals surface area contributed by atoms with Gasteiger partial charge in [-0.15, -0.1) is 16.4 Å². The van der Waals surface area contributed by atoms with Gasteiger partial charge in [-0.2, -0.15) is 0 Å². The van der Waals surface area contributed by atoms with E-state index in [1.807, 2.05) is 0 Å². The second-order valence-electron chi connectivity index (χ2n) is 6.31. The summed E-state index contributed by atoms with van der Waals surface area (Å²) in [6.07, 6.45) is 0. The van der Waals surface area contributed by atoms with Crippen molar-refractivity contribution in [2.75, 3.05) is 18.5 Å². The summed E-state index contributed by atoms with van der Waals surface area (Å²) in [6, 6.07) is 11.2. The highest BCUT2D eigenvalue weighted by molar-refractivity contribution is 7.20. The van der Waals surface area contributed by atoms with Crippen LogP contribution in [0.25, 0.3) is 21.5 Å². The second kappa shape index (κ2) is 7.12. The number of hydrogen-bond acceptors (Lipinski definition) is 9. The number of rotatable bonds is 4. The Bertz CT molecular complexity index is 1300. The summed E-state index contributed by atoms with van der Waals surface area (Å²) in [7, 11) is 0.